The minimum Gasteiger partial charge on any atom is -0.390 e. The highest BCUT2D eigenvalue weighted by Gasteiger charge is 2.32. The Morgan fingerprint density at radius 1 is 1.26 bits per heavy atom. The second-order valence-corrected chi connectivity index (χ2v) is 7.92. The van der Waals surface area contributed by atoms with E-state index in [1.807, 2.05) is 0 Å². The van der Waals surface area contributed by atoms with Crippen LogP contribution in [-0.2, 0) is 10.2 Å². The van der Waals surface area contributed by atoms with Crippen molar-refractivity contribution in [1.82, 2.24) is 9.03 Å². The lowest BCUT2D eigenvalue weighted by molar-refractivity contribution is 0.0404. The summed E-state index contributed by atoms with van der Waals surface area (Å²) >= 11 is 0. The molecule has 2 fully saturated rings. The van der Waals surface area contributed by atoms with Gasteiger partial charge in [-0.3, -0.25) is 0 Å². The smallest absolute Gasteiger partial charge is 0.279 e. The third kappa shape index (κ3) is 4.15. The molecule has 0 atom stereocenters. The Morgan fingerprint density at radius 3 is 2.42 bits per heavy atom. The minimum absolute atomic E-state index is 0.338. The van der Waals surface area contributed by atoms with E-state index in [1.165, 1.54) is 4.31 Å². The summed E-state index contributed by atoms with van der Waals surface area (Å²) in [7, 11) is -3.35. The summed E-state index contributed by atoms with van der Waals surface area (Å²) in [5, 5.41) is 10.2. The molecule has 0 aromatic carbocycles. The molecule has 0 spiro atoms. The van der Waals surface area contributed by atoms with Gasteiger partial charge in [-0.1, -0.05) is 19.8 Å². The molecule has 0 aromatic heterocycles. The van der Waals surface area contributed by atoms with E-state index in [-0.39, 0.29) is 0 Å². The van der Waals surface area contributed by atoms with Crippen molar-refractivity contribution >= 4 is 10.2 Å². The first-order chi connectivity index (χ1) is 8.91. The van der Waals surface area contributed by atoms with E-state index >= 15 is 0 Å². The zero-order chi connectivity index (χ0) is 13.9. The highest BCUT2D eigenvalue weighted by atomic mass is 32.2. The van der Waals surface area contributed by atoms with Crippen LogP contribution in [0.1, 0.15) is 51.9 Å². The summed E-state index contributed by atoms with van der Waals surface area (Å²) in [5.41, 5.74) is -0.640. The normalized spacial score (nSPS) is 25.8. The maximum atomic E-state index is 12.1. The molecule has 6 heteroatoms. The van der Waals surface area contributed by atoms with Crippen LogP contribution in [0.3, 0.4) is 0 Å². The van der Waals surface area contributed by atoms with E-state index in [2.05, 4.69) is 11.6 Å². The van der Waals surface area contributed by atoms with E-state index in [9.17, 15) is 13.5 Å². The van der Waals surface area contributed by atoms with Gasteiger partial charge in [-0.2, -0.15) is 12.7 Å². The van der Waals surface area contributed by atoms with Crippen LogP contribution in [0.25, 0.3) is 0 Å². The number of hydrogen-bond acceptors (Lipinski definition) is 3. The van der Waals surface area contributed by atoms with Crippen molar-refractivity contribution in [3.63, 3.8) is 0 Å². The highest BCUT2D eigenvalue weighted by Crippen LogP contribution is 2.31. The van der Waals surface area contributed by atoms with Gasteiger partial charge in [0.2, 0.25) is 0 Å². The van der Waals surface area contributed by atoms with Gasteiger partial charge in [0.25, 0.3) is 10.2 Å². The molecule has 1 aliphatic heterocycles. The minimum atomic E-state index is -3.35. The number of rotatable bonds is 5. The van der Waals surface area contributed by atoms with Crippen molar-refractivity contribution in [2.24, 2.45) is 5.92 Å². The third-order valence-electron chi connectivity index (χ3n) is 4.49. The molecule has 1 saturated carbocycles. The molecule has 0 aromatic rings. The third-order valence-corrected chi connectivity index (χ3v) is 6.11. The second-order valence-electron chi connectivity index (χ2n) is 6.16. The molecule has 2 rings (SSSR count). The molecule has 0 amide bonds. The summed E-state index contributed by atoms with van der Waals surface area (Å²) in [6.45, 7) is 3.72. The number of piperidine rings is 1. The van der Waals surface area contributed by atoms with Gasteiger partial charge >= 0.3 is 0 Å². The van der Waals surface area contributed by atoms with Crippen LogP contribution in [-0.4, -0.2) is 43.1 Å². The SMILES string of the molecule is CC1CCN(S(=O)(=O)NCCC2(O)CCCC2)CC1. The van der Waals surface area contributed by atoms with Crippen molar-refractivity contribution in [3.05, 3.63) is 0 Å². The number of aliphatic hydroxyl groups is 1. The van der Waals surface area contributed by atoms with Crippen molar-refractivity contribution < 1.29 is 13.5 Å². The van der Waals surface area contributed by atoms with Crippen molar-refractivity contribution in [2.45, 2.75) is 57.5 Å². The van der Waals surface area contributed by atoms with Gasteiger partial charge in [0.15, 0.2) is 0 Å². The Kier molecular flexibility index (Phi) is 4.87. The van der Waals surface area contributed by atoms with Crippen molar-refractivity contribution in [3.8, 4) is 0 Å². The first-order valence-corrected chi connectivity index (χ1v) is 8.82. The van der Waals surface area contributed by atoms with Crippen LogP contribution in [0, 0.1) is 5.92 Å². The largest absolute Gasteiger partial charge is 0.390 e. The standard InChI is InChI=1S/C13H26N2O3S/c1-12-4-10-15(11-5-12)19(17,18)14-9-8-13(16)6-2-3-7-13/h12,14,16H,2-11H2,1H3. The van der Waals surface area contributed by atoms with Gasteiger partial charge in [-0.15, -0.1) is 0 Å². The lowest BCUT2D eigenvalue weighted by Crippen LogP contribution is -2.45. The van der Waals surface area contributed by atoms with E-state index in [0.29, 0.717) is 32.0 Å². The summed E-state index contributed by atoms with van der Waals surface area (Å²) in [5.74, 6) is 0.616. The van der Waals surface area contributed by atoms with E-state index in [4.69, 9.17) is 0 Å². The summed E-state index contributed by atoms with van der Waals surface area (Å²) < 4.78 is 28.4. The van der Waals surface area contributed by atoms with Crippen molar-refractivity contribution in [2.75, 3.05) is 19.6 Å². The summed E-state index contributed by atoms with van der Waals surface area (Å²) in [6.07, 6.45) is 6.10. The molecular formula is C13H26N2O3S. The first kappa shape index (κ1) is 15.2. The van der Waals surface area contributed by atoms with Gasteiger partial charge in [0.1, 0.15) is 0 Å². The first-order valence-electron chi connectivity index (χ1n) is 7.38. The van der Waals surface area contributed by atoms with Crippen molar-refractivity contribution in [1.29, 1.82) is 0 Å². The zero-order valence-corrected chi connectivity index (χ0v) is 12.6. The number of nitrogens with zero attached hydrogens (tertiary/aromatic N) is 1. The molecule has 0 bridgehead atoms. The van der Waals surface area contributed by atoms with E-state index in [1.54, 1.807) is 0 Å². The molecule has 5 nitrogen and oxygen atoms in total. The Morgan fingerprint density at radius 2 is 1.84 bits per heavy atom. The predicted octanol–water partition coefficient (Wildman–Crippen LogP) is 1.25. The number of hydrogen-bond donors (Lipinski definition) is 2. The van der Waals surface area contributed by atoms with Crippen LogP contribution in [0.5, 0.6) is 0 Å². The molecule has 1 heterocycles. The lowest BCUT2D eigenvalue weighted by Gasteiger charge is -2.30. The molecule has 1 aliphatic carbocycles. The van der Waals surface area contributed by atoms with E-state index < -0.39 is 15.8 Å². The predicted molar refractivity (Wildman–Crippen MR) is 74.9 cm³/mol. The fourth-order valence-corrected chi connectivity index (χ4v) is 4.25. The topological polar surface area (TPSA) is 69.6 Å². The molecule has 1 saturated heterocycles. The Labute approximate surface area is 116 Å². The average Bonchev–Trinajstić information content (AvgIpc) is 2.76. The Balaban J connectivity index is 1.77. The van der Waals surface area contributed by atoms with E-state index in [0.717, 1.165) is 38.5 Å². The number of nitrogens with one attached hydrogen (secondary N) is 1. The quantitative estimate of drug-likeness (QED) is 0.800. The maximum absolute atomic E-state index is 12.1. The van der Waals surface area contributed by atoms with Crippen LogP contribution in [0.15, 0.2) is 0 Å². The van der Waals surface area contributed by atoms with Gasteiger partial charge in [0, 0.05) is 19.6 Å². The zero-order valence-electron chi connectivity index (χ0n) is 11.8. The van der Waals surface area contributed by atoms with Gasteiger partial charge in [0.05, 0.1) is 5.60 Å². The Bertz CT molecular complexity index is 383. The molecule has 2 N–H and O–H groups in total. The monoisotopic (exact) mass is 290 g/mol. The molecule has 0 unspecified atom stereocenters. The van der Waals surface area contributed by atoms with Crippen LogP contribution >= 0.6 is 0 Å². The van der Waals surface area contributed by atoms with Crippen LogP contribution < -0.4 is 4.72 Å². The summed E-state index contributed by atoms with van der Waals surface area (Å²) in [6, 6.07) is 0. The lowest BCUT2D eigenvalue weighted by atomic mass is 9.98. The molecule has 19 heavy (non-hydrogen) atoms. The molecular weight excluding hydrogens is 264 g/mol. The second kappa shape index (κ2) is 6.08. The highest BCUT2D eigenvalue weighted by molar-refractivity contribution is 7.87. The van der Waals surface area contributed by atoms with Crippen LogP contribution in [0.4, 0.5) is 0 Å². The van der Waals surface area contributed by atoms with Gasteiger partial charge in [-0.25, -0.2) is 4.72 Å². The summed E-state index contributed by atoms with van der Waals surface area (Å²) in [4.78, 5) is 0. The van der Waals surface area contributed by atoms with Gasteiger partial charge in [-0.05, 0) is 38.0 Å². The Hall–Kier alpha value is -0.170. The fraction of sp³-hybridized carbons (Fsp3) is 1.00. The van der Waals surface area contributed by atoms with Gasteiger partial charge < -0.3 is 5.11 Å². The molecule has 112 valence electrons. The van der Waals surface area contributed by atoms with Crippen LogP contribution in [0.2, 0.25) is 0 Å². The maximum Gasteiger partial charge on any atom is 0.279 e. The molecule has 2 aliphatic rings. The average molecular weight is 290 g/mol. The fourth-order valence-electron chi connectivity index (χ4n) is 3.01. The molecule has 0 radical (unpaired) electrons.